The number of aromatic nitrogens is 2. The van der Waals surface area contributed by atoms with Crippen LogP contribution >= 0.6 is 0 Å². The zero-order valence-corrected chi connectivity index (χ0v) is 12.6. The van der Waals surface area contributed by atoms with Gasteiger partial charge in [-0.2, -0.15) is 4.98 Å². The van der Waals surface area contributed by atoms with Crippen molar-refractivity contribution in [1.82, 2.24) is 20.4 Å². The van der Waals surface area contributed by atoms with Crippen LogP contribution in [0.2, 0.25) is 0 Å². The quantitative estimate of drug-likeness (QED) is 0.820. The van der Waals surface area contributed by atoms with Gasteiger partial charge in [-0.15, -0.1) is 0 Å². The van der Waals surface area contributed by atoms with Crippen molar-refractivity contribution < 1.29 is 14.1 Å². The van der Waals surface area contributed by atoms with E-state index in [2.05, 4.69) is 15.5 Å². The fourth-order valence-electron chi connectivity index (χ4n) is 2.43. The molecule has 2 rings (SSSR count). The molecule has 21 heavy (non-hydrogen) atoms. The maximum Gasteiger partial charge on any atom is 0.249 e. The number of carbonyl (C=O) groups is 2. The number of likely N-dealkylation sites (tertiary alicyclic amines) is 1. The topological polar surface area (TPSA) is 88.3 Å². The molecule has 1 atom stereocenters. The van der Waals surface area contributed by atoms with Crippen LogP contribution in [0, 0.1) is 6.92 Å². The van der Waals surface area contributed by atoms with Gasteiger partial charge in [0, 0.05) is 25.9 Å². The van der Waals surface area contributed by atoms with Gasteiger partial charge in [0.15, 0.2) is 5.82 Å². The lowest BCUT2D eigenvalue weighted by Gasteiger charge is -2.16. The molecule has 0 bridgehead atoms. The normalized spacial score (nSPS) is 16.3. The van der Waals surface area contributed by atoms with Crippen LogP contribution < -0.4 is 5.32 Å². The van der Waals surface area contributed by atoms with E-state index in [0.717, 1.165) is 13.0 Å². The zero-order valence-electron chi connectivity index (χ0n) is 12.6. The van der Waals surface area contributed by atoms with Gasteiger partial charge < -0.3 is 14.7 Å². The van der Waals surface area contributed by atoms with Gasteiger partial charge in [-0.3, -0.25) is 9.59 Å². The molecule has 1 saturated heterocycles. The predicted octanol–water partition coefficient (Wildman–Crippen LogP) is 1.35. The van der Waals surface area contributed by atoms with Crippen LogP contribution in [0.5, 0.6) is 0 Å². The largest absolute Gasteiger partial charge is 0.344 e. The molecular weight excluding hydrogens is 272 g/mol. The van der Waals surface area contributed by atoms with Crippen molar-refractivity contribution in [3.63, 3.8) is 0 Å². The number of carbonyl (C=O) groups excluding carboxylic acids is 2. The van der Waals surface area contributed by atoms with Gasteiger partial charge in [0.1, 0.15) is 6.04 Å². The van der Waals surface area contributed by atoms with Crippen LogP contribution in [0.3, 0.4) is 0 Å². The summed E-state index contributed by atoms with van der Waals surface area (Å²) >= 11 is 0. The molecule has 116 valence electrons. The highest BCUT2D eigenvalue weighted by Crippen LogP contribution is 2.15. The van der Waals surface area contributed by atoms with Gasteiger partial charge in [-0.1, -0.05) is 12.1 Å². The number of nitrogens with zero attached hydrogens (tertiary/aromatic N) is 3. The Morgan fingerprint density at radius 3 is 2.90 bits per heavy atom. The van der Waals surface area contributed by atoms with Crippen LogP contribution in [0.1, 0.15) is 56.8 Å². The van der Waals surface area contributed by atoms with Crippen molar-refractivity contribution in [2.24, 2.45) is 0 Å². The summed E-state index contributed by atoms with van der Waals surface area (Å²) in [5, 5.41) is 6.63. The van der Waals surface area contributed by atoms with E-state index in [9.17, 15) is 9.59 Å². The Morgan fingerprint density at radius 1 is 1.52 bits per heavy atom. The first-order valence-corrected chi connectivity index (χ1v) is 7.47. The Labute approximate surface area is 124 Å². The second kappa shape index (κ2) is 7.19. The Bertz CT molecular complexity index is 500. The molecule has 7 nitrogen and oxygen atoms in total. The van der Waals surface area contributed by atoms with Gasteiger partial charge in [-0.05, 0) is 26.2 Å². The first-order chi connectivity index (χ1) is 10.1. The molecule has 1 aliphatic heterocycles. The van der Waals surface area contributed by atoms with Crippen LogP contribution in [0.25, 0.3) is 0 Å². The summed E-state index contributed by atoms with van der Waals surface area (Å²) in [6.07, 6.45) is 3.34. The van der Waals surface area contributed by atoms with E-state index in [1.54, 1.807) is 6.92 Å². The highest BCUT2D eigenvalue weighted by molar-refractivity contribution is 5.78. The van der Waals surface area contributed by atoms with Crippen molar-refractivity contribution >= 4 is 11.8 Å². The fraction of sp³-hybridized carbons (Fsp3) is 0.714. The van der Waals surface area contributed by atoms with Gasteiger partial charge >= 0.3 is 0 Å². The number of hydrogen-bond donors (Lipinski definition) is 1. The summed E-state index contributed by atoms with van der Waals surface area (Å²) < 4.78 is 5.09. The molecule has 1 N–H and O–H groups in total. The van der Waals surface area contributed by atoms with Crippen LogP contribution in [0.15, 0.2) is 4.52 Å². The van der Waals surface area contributed by atoms with E-state index in [0.29, 0.717) is 43.9 Å². The van der Waals surface area contributed by atoms with Crippen molar-refractivity contribution in [3.05, 3.63) is 11.7 Å². The van der Waals surface area contributed by atoms with Gasteiger partial charge in [0.2, 0.25) is 17.7 Å². The maximum absolute atomic E-state index is 11.9. The van der Waals surface area contributed by atoms with Crippen molar-refractivity contribution in [1.29, 1.82) is 0 Å². The van der Waals surface area contributed by atoms with Crippen molar-refractivity contribution in [2.75, 3.05) is 13.1 Å². The molecule has 1 aliphatic rings. The minimum Gasteiger partial charge on any atom is -0.344 e. The minimum atomic E-state index is -0.243. The second-order valence-corrected chi connectivity index (χ2v) is 5.30. The summed E-state index contributed by atoms with van der Waals surface area (Å²) in [5.74, 6) is 1.15. The summed E-state index contributed by atoms with van der Waals surface area (Å²) in [6, 6.07) is -0.243. The number of hydrogen-bond acceptors (Lipinski definition) is 5. The minimum absolute atomic E-state index is 0.0515. The van der Waals surface area contributed by atoms with E-state index in [-0.39, 0.29) is 17.9 Å². The van der Waals surface area contributed by atoms with Gasteiger partial charge in [-0.25, -0.2) is 0 Å². The summed E-state index contributed by atoms with van der Waals surface area (Å²) in [4.78, 5) is 29.4. The van der Waals surface area contributed by atoms with Crippen LogP contribution in [-0.2, 0) is 9.59 Å². The molecule has 7 heteroatoms. The summed E-state index contributed by atoms with van der Waals surface area (Å²) in [7, 11) is 0. The molecule has 1 fully saturated rings. The van der Waals surface area contributed by atoms with Crippen LogP contribution in [0.4, 0.5) is 0 Å². The summed E-state index contributed by atoms with van der Waals surface area (Å²) in [5.41, 5.74) is 0. The summed E-state index contributed by atoms with van der Waals surface area (Å²) in [6.45, 7) is 5.17. The predicted molar refractivity (Wildman–Crippen MR) is 75.3 cm³/mol. The SMILES string of the molecule is CC[C@H](NC(=O)CCCN1CCCC1=O)c1nc(C)no1. The van der Waals surface area contributed by atoms with Gasteiger partial charge in [0.25, 0.3) is 0 Å². The molecule has 1 aromatic rings. The van der Waals surface area contributed by atoms with E-state index in [4.69, 9.17) is 4.52 Å². The van der Waals surface area contributed by atoms with Gasteiger partial charge in [0.05, 0.1) is 0 Å². The Kier molecular flexibility index (Phi) is 5.30. The smallest absolute Gasteiger partial charge is 0.249 e. The first-order valence-electron chi connectivity index (χ1n) is 7.47. The molecule has 0 aliphatic carbocycles. The molecule has 0 unspecified atom stereocenters. The zero-order chi connectivity index (χ0) is 15.2. The highest BCUT2D eigenvalue weighted by atomic mass is 16.5. The Hall–Kier alpha value is -1.92. The second-order valence-electron chi connectivity index (χ2n) is 5.30. The molecular formula is C14H22N4O3. The molecule has 0 aromatic carbocycles. The van der Waals surface area contributed by atoms with Crippen molar-refractivity contribution in [2.45, 2.75) is 52.0 Å². The molecule has 0 radical (unpaired) electrons. The third-order valence-corrected chi connectivity index (χ3v) is 3.59. The molecule has 0 saturated carbocycles. The Morgan fingerprint density at radius 2 is 2.33 bits per heavy atom. The molecule has 2 amide bonds. The number of aryl methyl sites for hydroxylation is 1. The van der Waals surface area contributed by atoms with E-state index in [1.165, 1.54) is 0 Å². The average Bonchev–Trinajstić information content (AvgIpc) is 3.05. The number of amides is 2. The van der Waals surface area contributed by atoms with E-state index in [1.807, 2.05) is 11.8 Å². The lowest BCUT2D eigenvalue weighted by Crippen LogP contribution is -2.30. The number of rotatable bonds is 7. The lowest BCUT2D eigenvalue weighted by molar-refractivity contribution is -0.128. The molecule has 2 heterocycles. The monoisotopic (exact) mass is 294 g/mol. The van der Waals surface area contributed by atoms with E-state index < -0.39 is 0 Å². The van der Waals surface area contributed by atoms with Crippen LogP contribution in [-0.4, -0.2) is 39.9 Å². The third kappa shape index (κ3) is 4.27. The average molecular weight is 294 g/mol. The lowest BCUT2D eigenvalue weighted by atomic mass is 10.2. The molecule has 1 aromatic heterocycles. The fourth-order valence-corrected chi connectivity index (χ4v) is 2.43. The Balaban J connectivity index is 1.74. The third-order valence-electron chi connectivity index (χ3n) is 3.59. The molecule has 0 spiro atoms. The van der Waals surface area contributed by atoms with Crippen molar-refractivity contribution in [3.8, 4) is 0 Å². The maximum atomic E-state index is 11.9. The van der Waals surface area contributed by atoms with E-state index >= 15 is 0 Å². The number of nitrogens with one attached hydrogen (secondary N) is 1. The highest BCUT2D eigenvalue weighted by Gasteiger charge is 2.21. The first kappa shape index (κ1) is 15.5. The standard InChI is InChI=1S/C14H22N4O3/c1-3-11(14-15-10(2)17-21-14)16-12(19)6-4-8-18-9-5-7-13(18)20/h11H,3-9H2,1-2H3,(H,16,19)/t11-/m0/s1.